The van der Waals surface area contributed by atoms with Crippen molar-refractivity contribution in [2.45, 2.75) is 45.9 Å². The molecule has 0 aromatic heterocycles. The SMILES string of the molecule is CCC(NC(=O)C(C)C(C)N)c1ccccc1OC(F)F. The average Bonchev–Trinajstić information content (AvgIpc) is 2.43. The number of halogens is 2. The zero-order valence-corrected chi connectivity index (χ0v) is 12.5. The Morgan fingerprint density at radius 2 is 1.95 bits per heavy atom. The molecule has 0 bridgehead atoms. The third kappa shape index (κ3) is 4.97. The van der Waals surface area contributed by atoms with E-state index in [9.17, 15) is 13.6 Å². The second-order valence-electron chi connectivity index (χ2n) is 5.03. The van der Waals surface area contributed by atoms with Crippen LogP contribution < -0.4 is 15.8 Å². The van der Waals surface area contributed by atoms with Crippen molar-refractivity contribution in [2.75, 3.05) is 0 Å². The monoisotopic (exact) mass is 300 g/mol. The molecule has 1 aromatic carbocycles. The minimum absolute atomic E-state index is 0.0769. The van der Waals surface area contributed by atoms with Gasteiger partial charge in [-0.25, -0.2) is 0 Å². The molecule has 118 valence electrons. The number of ether oxygens (including phenoxy) is 1. The molecular formula is C15H22F2N2O2. The van der Waals surface area contributed by atoms with Gasteiger partial charge in [0.25, 0.3) is 0 Å². The highest BCUT2D eigenvalue weighted by Crippen LogP contribution is 2.28. The van der Waals surface area contributed by atoms with Gasteiger partial charge in [0, 0.05) is 17.5 Å². The van der Waals surface area contributed by atoms with Gasteiger partial charge >= 0.3 is 6.61 Å². The van der Waals surface area contributed by atoms with Crippen LogP contribution in [0, 0.1) is 5.92 Å². The van der Waals surface area contributed by atoms with E-state index in [2.05, 4.69) is 10.1 Å². The van der Waals surface area contributed by atoms with E-state index in [1.807, 2.05) is 6.92 Å². The van der Waals surface area contributed by atoms with E-state index in [1.54, 1.807) is 32.0 Å². The third-order valence-electron chi connectivity index (χ3n) is 3.44. The number of nitrogens with one attached hydrogen (secondary N) is 1. The smallest absolute Gasteiger partial charge is 0.387 e. The fourth-order valence-corrected chi connectivity index (χ4v) is 1.91. The molecule has 1 aromatic rings. The summed E-state index contributed by atoms with van der Waals surface area (Å²) < 4.78 is 29.4. The highest BCUT2D eigenvalue weighted by Gasteiger charge is 2.23. The van der Waals surface area contributed by atoms with E-state index in [0.717, 1.165) is 0 Å². The summed E-state index contributed by atoms with van der Waals surface area (Å²) in [6.07, 6.45) is 0.557. The Morgan fingerprint density at radius 3 is 2.48 bits per heavy atom. The van der Waals surface area contributed by atoms with Crippen molar-refractivity contribution in [2.24, 2.45) is 11.7 Å². The van der Waals surface area contributed by atoms with Crippen LogP contribution in [-0.4, -0.2) is 18.6 Å². The van der Waals surface area contributed by atoms with Gasteiger partial charge in [-0.2, -0.15) is 8.78 Å². The molecule has 0 heterocycles. The molecule has 21 heavy (non-hydrogen) atoms. The number of hydrogen-bond acceptors (Lipinski definition) is 3. The summed E-state index contributed by atoms with van der Waals surface area (Å²) in [5, 5.41) is 2.83. The molecule has 0 radical (unpaired) electrons. The minimum Gasteiger partial charge on any atom is -0.434 e. The maximum atomic E-state index is 12.4. The topological polar surface area (TPSA) is 64.4 Å². The number of alkyl halides is 2. The highest BCUT2D eigenvalue weighted by molar-refractivity contribution is 5.79. The largest absolute Gasteiger partial charge is 0.434 e. The molecular weight excluding hydrogens is 278 g/mol. The Kier molecular flexibility index (Phi) is 6.55. The molecule has 3 atom stereocenters. The number of carbonyl (C=O) groups is 1. The molecule has 6 heteroatoms. The number of nitrogens with two attached hydrogens (primary N) is 1. The second kappa shape index (κ2) is 7.93. The Hall–Kier alpha value is -1.69. The van der Waals surface area contributed by atoms with Crippen molar-refractivity contribution < 1.29 is 18.3 Å². The first-order valence-electron chi connectivity index (χ1n) is 6.96. The van der Waals surface area contributed by atoms with Gasteiger partial charge < -0.3 is 15.8 Å². The van der Waals surface area contributed by atoms with E-state index in [4.69, 9.17) is 5.73 Å². The lowest BCUT2D eigenvalue weighted by molar-refractivity contribution is -0.125. The van der Waals surface area contributed by atoms with Gasteiger partial charge in [0.15, 0.2) is 0 Å². The van der Waals surface area contributed by atoms with Crippen LogP contribution in [0.2, 0.25) is 0 Å². The normalized spacial score (nSPS) is 15.4. The maximum Gasteiger partial charge on any atom is 0.387 e. The first-order chi connectivity index (χ1) is 9.86. The number of benzene rings is 1. The van der Waals surface area contributed by atoms with Gasteiger partial charge in [-0.05, 0) is 19.4 Å². The number of rotatable bonds is 7. The van der Waals surface area contributed by atoms with Gasteiger partial charge in [0.2, 0.25) is 5.91 Å². The van der Waals surface area contributed by atoms with Crippen LogP contribution in [0.3, 0.4) is 0 Å². The van der Waals surface area contributed by atoms with E-state index in [1.165, 1.54) is 6.07 Å². The van der Waals surface area contributed by atoms with Crippen molar-refractivity contribution in [1.82, 2.24) is 5.32 Å². The molecule has 3 unspecified atom stereocenters. The molecule has 1 rings (SSSR count). The zero-order valence-electron chi connectivity index (χ0n) is 12.5. The first-order valence-corrected chi connectivity index (χ1v) is 6.96. The third-order valence-corrected chi connectivity index (χ3v) is 3.44. The predicted octanol–water partition coefficient (Wildman–Crippen LogP) is 2.84. The molecule has 0 aliphatic heterocycles. The van der Waals surface area contributed by atoms with E-state index >= 15 is 0 Å². The first kappa shape index (κ1) is 17.4. The summed E-state index contributed by atoms with van der Waals surface area (Å²) in [5.74, 6) is -0.487. The van der Waals surface area contributed by atoms with Gasteiger partial charge in [0.05, 0.1) is 6.04 Å². The molecule has 1 amide bonds. The summed E-state index contributed by atoms with van der Waals surface area (Å²) in [6, 6.07) is 5.79. The van der Waals surface area contributed by atoms with Crippen molar-refractivity contribution in [1.29, 1.82) is 0 Å². The summed E-state index contributed by atoms with van der Waals surface area (Å²) >= 11 is 0. The Labute approximate surface area is 123 Å². The summed E-state index contributed by atoms with van der Waals surface area (Å²) in [6.45, 7) is 2.44. The van der Waals surface area contributed by atoms with Gasteiger partial charge in [-0.1, -0.05) is 32.0 Å². The van der Waals surface area contributed by atoms with Crippen molar-refractivity contribution in [3.05, 3.63) is 29.8 Å². The summed E-state index contributed by atoms with van der Waals surface area (Å²) in [7, 11) is 0. The quantitative estimate of drug-likeness (QED) is 0.814. The maximum absolute atomic E-state index is 12.4. The lowest BCUT2D eigenvalue weighted by Crippen LogP contribution is -2.40. The van der Waals surface area contributed by atoms with E-state index in [0.29, 0.717) is 12.0 Å². The molecule has 4 nitrogen and oxygen atoms in total. The molecule has 0 aliphatic rings. The van der Waals surface area contributed by atoms with Gasteiger partial charge in [-0.15, -0.1) is 0 Å². The zero-order chi connectivity index (χ0) is 16.0. The van der Waals surface area contributed by atoms with E-state index in [-0.39, 0.29) is 23.6 Å². The molecule has 0 saturated heterocycles. The standard InChI is InChI=1S/C15H22F2N2O2/c1-4-12(19-14(20)9(2)10(3)18)11-7-5-6-8-13(11)21-15(16)17/h5-10,12,15H,4,18H2,1-3H3,(H,19,20). The van der Waals surface area contributed by atoms with Crippen molar-refractivity contribution in [3.8, 4) is 5.75 Å². The average molecular weight is 300 g/mol. The highest BCUT2D eigenvalue weighted by atomic mass is 19.3. The fourth-order valence-electron chi connectivity index (χ4n) is 1.91. The number of carbonyl (C=O) groups excluding carboxylic acids is 1. The minimum atomic E-state index is -2.90. The molecule has 3 N–H and O–H groups in total. The van der Waals surface area contributed by atoms with Crippen LogP contribution in [0.4, 0.5) is 8.78 Å². The molecule has 0 spiro atoms. The number of amides is 1. The number of para-hydroxylation sites is 1. The second-order valence-corrected chi connectivity index (χ2v) is 5.03. The van der Waals surface area contributed by atoms with Crippen LogP contribution in [0.1, 0.15) is 38.8 Å². The summed E-state index contributed by atoms with van der Waals surface area (Å²) in [4.78, 5) is 12.1. The van der Waals surface area contributed by atoms with Crippen LogP contribution in [0.5, 0.6) is 5.75 Å². The van der Waals surface area contributed by atoms with Crippen LogP contribution in [-0.2, 0) is 4.79 Å². The molecule has 0 saturated carbocycles. The van der Waals surface area contributed by atoms with Crippen LogP contribution in [0.15, 0.2) is 24.3 Å². The predicted molar refractivity (Wildman–Crippen MR) is 77.1 cm³/mol. The van der Waals surface area contributed by atoms with Crippen LogP contribution >= 0.6 is 0 Å². The Morgan fingerprint density at radius 1 is 1.33 bits per heavy atom. The molecule has 0 fully saturated rings. The number of hydrogen-bond donors (Lipinski definition) is 2. The summed E-state index contributed by atoms with van der Waals surface area (Å²) in [5.41, 5.74) is 6.24. The Bertz CT molecular complexity index is 467. The lowest BCUT2D eigenvalue weighted by atomic mass is 9.99. The van der Waals surface area contributed by atoms with Crippen molar-refractivity contribution >= 4 is 5.91 Å². The Balaban J connectivity index is 2.92. The van der Waals surface area contributed by atoms with Gasteiger partial charge in [0.1, 0.15) is 5.75 Å². The van der Waals surface area contributed by atoms with Crippen LogP contribution in [0.25, 0.3) is 0 Å². The van der Waals surface area contributed by atoms with E-state index < -0.39 is 12.7 Å². The molecule has 0 aliphatic carbocycles. The van der Waals surface area contributed by atoms with Crippen molar-refractivity contribution in [3.63, 3.8) is 0 Å². The van der Waals surface area contributed by atoms with Gasteiger partial charge in [-0.3, -0.25) is 4.79 Å². The fraction of sp³-hybridized carbons (Fsp3) is 0.533. The lowest BCUT2D eigenvalue weighted by Gasteiger charge is -2.23.